The van der Waals surface area contributed by atoms with E-state index in [-0.39, 0.29) is 0 Å². The number of allylic oxidation sites excluding steroid dienone is 1. The molecule has 0 spiro atoms. The second kappa shape index (κ2) is 6.74. The predicted molar refractivity (Wildman–Crippen MR) is 74.9 cm³/mol. The first-order valence-electron chi connectivity index (χ1n) is 6.02. The van der Waals surface area contributed by atoms with Crippen molar-refractivity contribution in [3.63, 3.8) is 0 Å². The van der Waals surface area contributed by atoms with Crippen LogP contribution in [0.2, 0.25) is 0 Å². The van der Waals surface area contributed by atoms with Crippen LogP contribution in [0.3, 0.4) is 0 Å². The van der Waals surface area contributed by atoms with E-state index in [0.29, 0.717) is 6.61 Å². The molecule has 0 saturated heterocycles. The zero-order chi connectivity index (χ0) is 12.7. The molecule has 0 fully saturated rings. The minimum Gasteiger partial charge on any atom is -0.494 e. The largest absolute Gasteiger partial charge is 0.494 e. The van der Waals surface area contributed by atoms with Crippen molar-refractivity contribution in [2.24, 2.45) is 0 Å². The Morgan fingerprint density at radius 1 is 1.06 bits per heavy atom. The zero-order valence-corrected chi connectivity index (χ0v) is 10.9. The van der Waals surface area contributed by atoms with Gasteiger partial charge in [-0.1, -0.05) is 62.9 Å². The van der Waals surface area contributed by atoms with E-state index < -0.39 is 0 Å². The van der Waals surface area contributed by atoms with Crippen LogP contribution >= 0.6 is 0 Å². The fraction of sp³-hybridized carbons (Fsp3) is 0.250. The molecule has 0 saturated carbocycles. The summed E-state index contributed by atoms with van der Waals surface area (Å²) < 4.78 is 5.44. The highest BCUT2D eigenvalue weighted by Gasteiger charge is 1.99. The number of ether oxygens (including phenoxy) is 1. The number of fused-ring (bicyclic) bond motifs is 1. The van der Waals surface area contributed by atoms with Crippen LogP contribution in [0.4, 0.5) is 0 Å². The van der Waals surface area contributed by atoms with Crippen LogP contribution in [0.1, 0.15) is 26.3 Å². The van der Waals surface area contributed by atoms with E-state index in [0.717, 1.165) is 5.76 Å². The van der Waals surface area contributed by atoms with Gasteiger partial charge in [0.2, 0.25) is 0 Å². The average Bonchev–Trinajstić information content (AvgIpc) is 2.38. The molecular formula is C16H20O. The third-order valence-electron chi connectivity index (χ3n) is 2.35. The van der Waals surface area contributed by atoms with Gasteiger partial charge in [0.1, 0.15) is 6.61 Å². The summed E-state index contributed by atoms with van der Waals surface area (Å²) >= 11 is 0. The van der Waals surface area contributed by atoms with Gasteiger partial charge >= 0.3 is 0 Å². The molecule has 2 aromatic carbocycles. The van der Waals surface area contributed by atoms with Gasteiger partial charge < -0.3 is 4.74 Å². The van der Waals surface area contributed by atoms with Gasteiger partial charge in [-0.05, 0) is 23.3 Å². The van der Waals surface area contributed by atoms with Gasteiger partial charge in [0.15, 0.2) is 0 Å². The third-order valence-corrected chi connectivity index (χ3v) is 2.35. The molecule has 0 aliphatic rings. The lowest BCUT2D eigenvalue weighted by molar-refractivity contribution is 0.203. The summed E-state index contributed by atoms with van der Waals surface area (Å²) in [5, 5.41) is 2.50. The minimum absolute atomic E-state index is 0.594. The Hall–Kier alpha value is -1.76. The molecule has 90 valence electrons. The highest BCUT2D eigenvalue weighted by atomic mass is 16.5. The van der Waals surface area contributed by atoms with Crippen LogP contribution in [-0.4, -0.2) is 0 Å². The van der Waals surface area contributed by atoms with E-state index in [2.05, 4.69) is 36.9 Å². The topological polar surface area (TPSA) is 9.23 Å². The van der Waals surface area contributed by atoms with Crippen LogP contribution in [0.15, 0.2) is 54.8 Å². The van der Waals surface area contributed by atoms with Crippen molar-refractivity contribution in [3.8, 4) is 0 Å². The first-order valence-corrected chi connectivity index (χ1v) is 6.02. The summed E-state index contributed by atoms with van der Waals surface area (Å²) in [4.78, 5) is 0. The van der Waals surface area contributed by atoms with Crippen LogP contribution in [0, 0.1) is 0 Å². The van der Waals surface area contributed by atoms with E-state index in [4.69, 9.17) is 4.74 Å². The molecule has 0 unspecified atom stereocenters. The first kappa shape index (κ1) is 13.3. The zero-order valence-electron chi connectivity index (χ0n) is 10.9. The van der Waals surface area contributed by atoms with Crippen LogP contribution < -0.4 is 0 Å². The lowest BCUT2D eigenvalue weighted by Gasteiger charge is -2.08. The van der Waals surface area contributed by atoms with Crippen molar-refractivity contribution in [2.75, 3.05) is 0 Å². The van der Waals surface area contributed by atoms with E-state index in [1.807, 2.05) is 32.9 Å². The first-order chi connectivity index (χ1) is 8.27. The Morgan fingerprint density at radius 3 is 2.41 bits per heavy atom. The molecule has 17 heavy (non-hydrogen) atoms. The Bertz CT molecular complexity index is 480. The molecule has 1 nitrogen and oxygen atoms in total. The molecule has 0 radical (unpaired) electrons. The second-order valence-electron chi connectivity index (χ2n) is 3.63. The van der Waals surface area contributed by atoms with E-state index >= 15 is 0 Å². The molecule has 0 aliphatic carbocycles. The summed E-state index contributed by atoms with van der Waals surface area (Å²) in [6.07, 6.45) is 0. The number of benzene rings is 2. The smallest absolute Gasteiger partial charge is 0.113 e. The van der Waals surface area contributed by atoms with E-state index in [1.165, 1.54) is 16.3 Å². The molecule has 2 rings (SSSR count). The molecular weight excluding hydrogens is 208 g/mol. The Kier molecular flexibility index (Phi) is 5.28. The monoisotopic (exact) mass is 228 g/mol. The third kappa shape index (κ3) is 3.63. The summed E-state index contributed by atoms with van der Waals surface area (Å²) in [7, 11) is 0. The molecule has 0 atom stereocenters. The van der Waals surface area contributed by atoms with Gasteiger partial charge in [0.25, 0.3) is 0 Å². The summed E-state index contributed by atoms with van der Waals surface area (Å²) in [6, 6.07) is 14.6. The molecule has 2 aromatic rings. The molecule has 0 N–H and O–H groups in total. The fourth-order valence-electron chi connectivity index (χ4n) is 1.62. The Labute approximate surface area is 104 Å². The Balaban J connectivity index is 0.000000686. The van der Waals surface area contributed by atoms with Crippen molar-refractivity contribution in [2.45, 2.75) is 27.4 Å². The van der Waals surface area contributed by atoms with Gasteiger partial charge in [-0.3, -0.25) is 0 Å². The van der Waals surface area contributed by atoms with Gasteiger partial charge in [-0.15, -0.1) is 0 Å². The van der Waals surface area contributed by atoms with Crippen molar-refractivity contribution in [1.29, 1.82) is 0 Å². The Morgan fingerprint density at radius 2 is 1.71 bits per heavy atom. The van der Waals surface area contributed by atoms with Gasteiger partial charge in [-0.2, -0.15) is 0 Å². The standard InChI is InChI=1S/C14H14O.C2H6/c1-11(2)15-10-13-8-5-7-12-6-3-4-9-14(12)13;1-2/h3-9H,1,10H2,2H3;1-2H3. The van der Waals surface area contributed by atoms with Crippen molar-refractivity contribution < 1.29 is 4.74 Å². The van der Waals surface area contributed by atoms with Crippen molar-refractivity contribution >= 4 is 10.8 Å². The fourth-order valence-corrected chi connectivity index (χ4v) is 1.62. The highest BCUT2D eigenvalue weighted by molar-refractivity contribution is 5.85. The molecule has 0 aromatic heterocycles. The average molecular weight is 228 g/mol. The van der Waals surface area contributed by atoms with Crippen molar-refractivity contribution in [1.82, 2.24) is 0 Å². The van der Waals surface area contributed by atoms with Gasteiger partial charge in [-0.25, -0.2) is 0 Å². The van der Waals surface area contributed by atoms with Crippen LogP contribution in [-0.2, 0) is 11.3 Å². The normalized spacial score (nSPS) is 9.35. The highest BCUT2D eigenvalue weighted by Crippen LogP contribution is 2.19. The number of hydrogen-bond acceptors (Lipinski definition) is 1. The summed E-state index contributed by atoms with van der Waals surface area (Å²) in [5.74, 6) is 0.753. The minimum atomic E-state index is 0.594. The molecule has 0 heterocycles. The molecule has 1 heteroatoms. The molecule has 0 aliphatic heterocycles. The SMILES string of the molecule is C=C(C)OCc1cccc2ccccc12.CC. The summed E-state index contributed by atoms with van der Waals surface area (Å²) in [5.41, 5.74) is 1.20. The summed E-state index contributed by atoms with van der Waals surface area (Å²) in [6.45, 7) is 10.2. The number of rotatable bonds is 3. The maximum Gasteiger partial charge on any atom is 0.113 e. The quantitative estimate of drug-likeness (QED) is 0.678. The lowest BCUT2D eigenvalue weighted by atomic mass is 10.1. The molecule has 0 amide bonds. The van der Waals surface area contributed by atoms with Crippen LogP contribution in [0.5, 0.6) is 0 Å². The van der Waals surface area contributed by atoms with E-state index in [1.54, 1.807) is 0 Å². The lowest BCUT2D eigenvalue weighted by Crippen LogP contribution is -1.91. The van der Waals surface area contributed by atoms with Gasteiger partial charge in [0, 0.05) is 0 Å². The molecule has 0 bridgehead atoms. The van der Waals surface area contributed by atoms with Crippen LogP contribution in [0.25, 0.3) is 10.8 Å². The van der Waals surface area contributed by atoms with E-state index in [9.17, 15) is 0 Å². The van der Waals surface area contributed by atoms with Gasteiger partial charge in [0.05, 0.1) is 5.76 Å². The number of hydrogen-bond donors (Lipinski definition) is 0. The predicted octanol–water partition coefficient (Wildman–Crippen LogP) is 4.92. The maximum absolute atomic E-state index is 5.44. The van der Waals surface area contributed by atoms with Crippen molar-refractivity contribution in [3.05, 3.63) is 60.4 Å². The second-order valence-corrected chi connectivity index (χ2v) is 3.63. The maximum atomic E-state index is 5.44.